The van der Waals surface area contributed by atoms with E-state index < -0.39 is 5.60 Å². The van der Waals surface area contributed by atoms with E-state index in [1.54, 1.807) is 0 Å². The van der Waals surface area contributed by atoms with Crippen LogP contribution in [-0.2, 0) is 5.60 Å². The molecule has 1 heterocycles. The average molecular weight is 284 g/mol. The molecule has 1 saturated carbocycles. The van der Waals surface area contributed by atoms with E-state index in [4.69, 9.17) is 0 Å². The quantitative estimate of drug-likeness (QED) is 0.630. The molecular weight excluding hydrogens is 266 g/mol. The molecular formula is C13H18BrNO. The molecule has 1 N–H and O–H groups in total. The lowest BCUT2D eigenvalue weighted by atomic mass is 9.87. The standard InChI is InChI=1S/C13H18BrNO/c1-10-8-11(9-15-12(10)14)13(16)6-4-2-3-5-7-13/h8-9,16H,2-7H2,1H3. The van der Waals surface area contributed by atoms with E-state index in [1.807, 2.05) is 13.1 Å². The normalized spacial score (nSPS) is 20.4. The predicted molar refractivity (Wildman–Crippen MR) is 68.3 cm³/mol. The van der Waals surface area contributed by atoms with Crippen molar-refractivity contribution in [2.75, 3.05) is 0 Å². The number of halogens is 1. The number of hydrogen-bond acceptors (Lipinski definition) is 2. The smallest absolute Gasteiger partial charge is 0.108 e. The molecule has 0 aromatic carbocycles. The molecule has 0 radical (unpaired) electrons. The van der Waals surface area contributed by atoms with Gasteiger partial charge in [-0.15, -0.1) is 0 Å². The van der Waals surface area contributed by atoms with Crippen LogP contribution in [-0.4, -0.2) is 10.1 Å². The first-order chi connectivity index (χ1) is 7.62. The van der Waals surface area contributed by atoms with Gasteiger partial charge in [-0.3, -0.25) is 0 Å². The molecule has 16 heavy (non-hydrogen) atoms. The summed E-state index contributed by atoms with van der Waals surface area (Å²) in [5, 5.41) is 10.7. The first-order valence-corrected chi connectivity index (χ1v) is 6.76. The van der Waals surface area contributed by atoms with Crippen molar-refractivity contribution in [1.82, 2.24) is 4.98 Å². The molecule has 1 aromatic heterocycles. The van der Waals surface area contributed by atoms with Gasteiger partial charge in [-0.05, 0) is 47.3 Å². The van der Waals surface area contributed by atoms with Gasteiger partial charge in [0.1, 0.15) is 4.60 Å². The third-order valence-corrected chi connectivity index (χ3v) is 4.31. The van der Waals surface area contributed by atoms with Crippen molar-refractivity contribution in [3.05, 3.63) is 28.0 Å². The Hall–Kier alpha value is -0.410. The van der Waals surface area contributed by atoms with E-state index in [0.717, 1.165) is 41.4 Å². The van der Waals surface area contributed by atoms with E-state index in [1.165, 1.54) is 12.8 Å². The third-order valence-electron chi connectivity index (χ3n) is 3.48. The minimum atomic E-state index is -0.644. The minimum Gasteiger partial charge on any atom is -0.385 e. The number of aromatic nitrogens is 1. The highest BCUT2D eigenvalue weighted by atomic mass is 79.9. The Balaban J connectivity index is 2.29. The van der Waals surface area contributed by atoms with E-state index in [0.29, 0.717) is 0 Å². The van der Waals surface area contributed by atoms with Gasteiger partial charge in [-0.25, -0.2) is 4.98 Å². The monoisotopic (exact) mass is 283 g/mol. The van der Waals surface area contributed by atoms with Crippen LogP contribution in [0.2, 0.25) is 0 Å². The molecule has 0 aliphatic heterocycles. The van der Waals surface area contributed by atoms with Crippen molar-refractivity contribution in [2.45, 2.75) is 51.0 Å². The van der Waals surface area contributed by atoms with Crippen molar-refractivity contribution in [1.29, 1.82) is 0 Å². The second kappa shape index (κ2) is 4.84. The Morgan fingerprint density at radius 1 is 1.25 bits per heavy atom. The molecule has 3 heteroatoms. The molecule has 1 fully saturated rings. The Kier molecular flexibility index (Phi) is 3.65. The van der Waals surface area contributed by atoms with Gasteiger partial charge in [-0.1, -0.05) is 25.7 Å². The van der Waals surface area contributed by atoms with Crippen molar-refractivity contribution in [2.24, 2.45) is 0 Å². The van der Waals surface area contributed by atoms with Crippen LogP contribution in [0.15, 0.2) is 16.9 Å². The van der Waals surface area contributed by atoms with Gasteiger partial charge < -0.3 is 5.11 Å². The summed E-state index contributed by atoms with van der Waals surface area (Å²) in [5.74, 6) is 0. The zero-order valence-electron chi connectivity index (χ0n) is 9.67. The minimum absolute atomic E-state index is 0.644. The van der Waals surface area contributed by atoms with Crippen LogP contribution < -0.4 is 0 Å². The van der Waals surface area contributed by atoms with Gasteiger partial charge in [0.05, 0.1) is 5.60 Å². The Morgan fingerprint density at radius 2 is 1.88 bits per heavy atom. The topological polar surface area (TPSA) is 33.1 Å². The largest absolute Gasteiger partial charge is 0.385 e. The van der Waals surface area contributed by atoms with Crippen LogP contribution in [0.5, 0.6) is 0 Å². The maximum Gasteiger partial charge on any atom is 0.108 e. The molecule has 0 spiro atoms. The summed E-state index contributed by atoms with van der Waals surface area (Å²) in [6.07, 6.45) is 8.27. The Bertz CT molecular complexity index is 370. The number of nitrogens with zero attached hydrogens (tertiary/aromatic N) is 1. The van der Waals surface area contributed by atoms with Crippen LogP contribution in [0.1, 0.15) is 49.7 Å². The van der Waals surface area contributed by atoms with Crippen molar-refractivity contribution < 1.29 is 5.11 Å². The molecule has 2 rings (SSSR count). The summed E-state index contributed by atoms with van der Waals surface area (Å²) in [6.45, 7) is 2.01. The van der Waals surface area contributed by atoms with Gasteiger partial charge in [0, 0.05) is 11.8 Å². The van der Waals surface area contributed by atoms with E-state index >= 15 is 0 Å². The maximum absolute atomic E-state index is 10.7. The fraction of sp³-hybridized carbons (Fsp3) is 0.615. The maximum atomic E-state index is 10.7. The lowest BCUT2D eigenvalue weighted by molar-refractivity contribution is 0.0203. The molecule has 1 aromatic rings. The van der Waals surface area contributed by atoms with Gasteiger partial charge in [0.25, 0.3) is 0 Å². The number of rotatable bonds is 1. The van der Waals surface area contributed by atoms with E-state index in [2.05, 4.69) is 27.0 Å². The van der Waals surface area contributed by atoms with Crippen LogP contribution in [0.4, 0.5) is 0 Å². The van der Waals surface area contributed by atoms with Gasteiger partial charge in [0.2, 0.25) is 0 Å². The molecule has 88 valence electrons. The summed E-state index contributed by atoms with van der Waals surface area (Å²) < 4.78 is 0.869. The summed E-state index contributed by atoms with van der Waals surface area (Å²) in [4.78, 5) is 4.29. The van der Waals surface area contributed by atoms with Crippen LogP contribution in [0.3, 0.4) is 0 Å². The fourth-order valence-electron chi connectivity index (χ4n) is 2.41. The van der Waals surface area contributed by atoms with Crippen molar-refractivity contribution >= 4 is 15.9 Å². The number of pyridine rings is 1. The first-order valence-electron chi connectivity index (χ1n) is 5.97. The second-order valence-corrected chi connectivity index (χ2v) is 5.53. The fourth-order valence-corrected chi connectivity index (χ4v) is 2.63. The van der Waals surface area contributed by atoms with Gasteiger partial charge >= 0.3 is 0 Å². The zero-order valence-corrected chi connectivity index (χ0v) is 11.3. The molecule has 2 nitrogen and oxygen atoms in total. The molecule has 0 amide bonds. The molecule has 1 aliphatic rings. The zero-order chi connectivity index (χ0) is 11.6. The highest BCUT2D eigenvalue weighted by Crippen LogP contribution is 2.36. The Labute approximate surface area is 105 Å². The number of aliphatic hydroxyl groups is 1. The summed E-state index contributed by atoms with van der Waals surface area (Å²) in [5.41, 5.74) is 1.43. The highest BCUT2D eigenvalue weighted by Gasteiger charge is 2.30. The van der Waals surface area contributed by atoms with Crippen LogP contribution >= 0.6 is 15.9 Å². The average Bonchev–Trinajstić information content (AvgIpc) is 2.48. The third kappa shape index (κ3) is 2.46. The number of aryl methyl sites for hydroxylation is 1. The molecule has 0 atom stereocenters. The predicted octanol–water partition coefficient (Wildman–Crippen LogP) is 3.69. The summed E-state index contributed by atoms with van der Waals surface area (Å²) >= 11 is 3.39. The number of hydrogen-bond donors (Lipinski definition) is 1. The van der Waals surface area contributed by atoms with Crippen LogP contribution in [0, 0.1) is 6.92 Å². The first kappa shape index (κ1) is 12.1. The summed E-state index contributed by atoms with van der Waals surface area (Å²) in [6, 6.07) is 2.06. The molecule has 0 unspecified atom stereocenters. The van der Waals surface area contributed by atoms with E-state index in [9.17, 15) is 5.11 Å². The molecule has 0 bridgehead atoms. The lowest BCUT2D eigenvalue weighted by Crippen LogP contribution is -2.25. The molecule has 1 aliphatic carbocycles. The van der Waals surface area contributed by atoms with Gasteiger partial charge in [0.15, 0.2) is 0 Å². The lowest BCUT2D eigenvalue weighted by Gasteiger charge is -2.27. The summed E-state index contributed by atoms with van der Waals surface area (Å²) in [7, 11) is 0. The SMILES string of the molecule is Cc1cc(C2(O)CCCCCC2)cnc1Br. The van der Waals surface area contributed by atoms with Crippen molar-refractivity contribution in [3.8, 4) is 0 Å². The van der Waals surface area contributed by atoms with Gasteiger partial charge in [-0.2, -0.15) is 0 Å². The second-order valence-electron chi connectivity index (χ2n) is 4.78. The van der Waals surface area contributed by atoms with Crippen molar-refractivity contribution in [3.63, 3.8) is 0 Å². The van der Waals surface area contributed by atoms with Crippen LogP contribution in [0.25, 0.3) is 0 Å². The highest BCUT2D eigenvalue weighted by molar-refractivity contribution is 9.10. The Morgan fingerprint density at radius 3 is 2.44 bits per heavy atom. The molecule has 0 saturated heterocycles. The van der Waals surface area contributed by atoms with E-state index in [-0.39, 0.29) is 0 Å².